The van der Waals surface area contributed by atoms with Gasteiger partial charge in [0.15, 0.2) is 0 Å². The maximum Gasteiger partial charge on any atom is 0.134 e. The highest BCUT2D eigenvalue weighted by Gasteiger charge is 2.17. The summed E-state index contributed by atoms with van der Waals surface area (Å²) < 4.78 is 5.26. The topological polar surface area (TPSA) is 33.4 Å². The lowest BCUT2D eigenvalue weighted by Crippen LogP contribution is -1.89. The zero-order valence-corrected chi connectivity index (χ0v) is 6.90. The first-order valence-corrected chi connectivity index (χ1v) is 4.22. The SMILES string of the molecule is OC1C=Cc2c1ccc1occc21. The van der Waals surface area contributed by atoms with Gasteiger partial charge in [-0.05, 0) is 23.3 Å². The number of aliphatic hydroxyl groups excluding tert-OH is 1. The van der Waals surface area contributed by atoms with Crippen molar-refractivity contribution < 1.29 is 9.52 Å². The highest BCUT2D eigenvalue weighted by Crippen LogP contribution is 2.33. The number of fused-ring (bicyclic) bond motifs is 3. The van der Waals surface area contributed by atoms with Crippen molar-refractivity contribution in [2.75, 3.05) is 0 Å². The second kappa shape index (κ2) is 2.24. The summed E-state index contributed by atoms with van der Waals surface area (Å²) in [6.07, 6.45) is 4.95. The van der Waals surface area contributed by atoms with Crippen LogP contribution in [0, 0.1) is 0 Å². The van der Waals surface area contributed by atoms with Gasteiger partial charge in [-0.2, -0.15) is 0 Å². The van der Waals surface area contributed by atoms with Crippen LogP contribution in [0.4, 0.5) is 0 Å². The van der Waals surface area contributed by atoms with Crippen LogP contribution in [0.5, 0.6) is 0 Å². The van der Waals surface area contributed by atoms with Crippen LogP contribution in [-0.2, 0) is 0 Å². The summed E-state index contributed by atoms with van der Waals surface area (Å²) in [6.45, 7) is 0. The molecule has 0 spiro atoms. The predicted octanol–water partition coefficient (Wildman–Crippen LogP) is 2.49. The molecule has 0 saturated heterocycles. The molecule has 0 bridgehead atoms. The van der Waals surface area contributed by atoms with Crippen molar-refractivity contribution in [2.45, 2.75) is 6.10 Å². The van der Waals surface area contributed by atoms with E-state index >= 15 is 0 Å². The van der Waals surface area contributed by atoms with Crippen molar-refractivity contribution in [3.63, 3.8) is 0 Å². The molecule has 2 heteroatoms. The summed E-state index contributed by atoms with van der Waals surface area (Å²) in [7, 11) is 0. The Morgan fingerprint density at radius 2 is 2.15 bits per heavy atom. The molecule has 13 heavy (non-hydrogen) atoms. The first-order valence-electron chi connectivity index (χ1n) is 4.22. The standard InChI is InChI=1S/C11H8O2/c12-10-3-1-7-8(10)2-4-11-9(7)5-6-13-11/h1-6,10,12H. The minimum atomic E-state index is -0.450. The third-order valence-electron chi connectivity index (χ3n) is 2.47. The summed E-state index contributed by atoms with van der Waals surface area (Å²) in [5, 5.41) is 10.6. The van der Waals surface area contributed by atoms with Crippen LogP contribution in [0.15, 0.2) is 35.0 Å². The summed E-state index contributed by atoms with van der Waals surface area (Å²) >= 11 is 0. The number of furan rings is 1. The molecule has 1 atom stereocenters. The molecule has 2 aromatic rings. The maximum absolute atomic E-state index is 9.56. The van der Waals surface area contributed by atoms with E-state index in [1.54, 1.807) is 12.3 Å². The van der Waals surface area contributed by atoms with E-state index in [1.807, 2.05) is 24.3 Å². The van der Waals surface area contributed by atoms with Crippen LogP contribution < -0.4 is 0 Å². The fraction of sp³-hybridized carbons (Fsp3) is 0.0909. The molecule has 1 N–H and O–H groups in total. The van der Waals surface area contributed by atoms with E-state index in [1.165, 1.54) is 0 Å². The first kappa shape index (κ1) is 6.92. The van der Waals surface area contributed by atoms with Crippen molar-refractivity contribution in [1.29, 1.82) is 0 Å². The van der Waals surface area contributed by atoms with Gasteiger partial charge in [0.05, 0.1) is 12.4 Å². The number of aliphatic hydroxyl groups is 1. The Balaban J connectivity index is 2.45. The molecule has 2 nitrogen and oxygen atoms in total. The third kappa shape index (κ3) is 0.807. The van der Waals surface area contributed by atoms with Crippen molar-refractivity contribution in [2.24, 2.45) is 0 Å². The Bertz CT molecular complexity index is 494. The van der Waals surface area contributed by atoms with Crippen LogP contribution in [-0.4, -0.2) is 5.11 Å². The lowest BCUT2D eigenvalue weighted by atomic mass is 10.1. The fourth-order valence-electron chi connectivity index (χ4n) is 1.82. The molecule has 1 unspecified atom stereocenters. The molecule has 1 aliphatic rings. The van der Waals surface area contributed by atoms with Gasteiger partial charge in [0.1, 0.15) is 5.58 Å². The van der Waals surface area contributed by atoms with Gasteiger partial charge in [-0.15, -0.1) is 0 Å². The molecule has 1 aromatic heterocycles. The minimum Gasteiger partial charge on any atom is -0.464 e. The van der Waals surface area contributed by atoms with E-state index in [9.17, 15) is 5.11 Å². The monoisotopic (exact) mass is 172 g/mol. The van der Waals surface area contributed by atoms with Crippen LogP contribution >= 0.6 is 0 Å². The van der Waals surface area contributed by atoms with Gasteiger partial charge in [-0.25, -0.2) is 0 Å². The average Bonchev–Trinajstić information content (AvgIpc) is 2.70. The summed E-state index contributed by atoms with van der Waals surface area (Å²) in [5.41, 5.74) is 2.92. The average molecular weight is 172 g/mol. The van der Waals surface area contributed by atoms with Gasteiger partial charge >= 0.3 is 0 Å². The van der Waals surface area contributed by atoms with Crippen molar-refractivity contribution >= 4 is 17.0 Å². The minimum absolute atomic E-state index is 0.450. The van der Waals surface area contributed by atoms with Gasteiger partial charge < -0.3 is 9.52 Å². The normalized spacial score (nSPS) is 19.6. The molecule has 0 amide bonds. The highest BCUT2D eigenvalue weighted by atomic mass is 16.3. The fourth-order valence-corrected chi connectivity index (χ4v) is 1.82. The molecule has 0 aliphatic heterocycles. The van der Waals surface area contributed by atoms with Crippen LogP contribution in [0.25, 0.3) is 17.0 Å². The van der Waals surface area contributed by atoms with Gasteiger partial charge in [0.2, 0.25) is 0 Å². The lowest BCUT2D eigenvalue weighted by Gasteiger charge is -2.03. The highest BCUT2D eigenvalue weighted by molar-refractivity contribution is 5.90. The molecule has 3 rings (SSSR count). The summed E-state index contributed by atoms with van der Waals surface area (Å²) in [5.74, 6) is 0. The second-order valence-corrected chi connectivity index (χ2v) is 3.20. The number of hydrogen-bond acceptors (Lipinski definition) is 2. The zero-order valence-electron chi connectivity index (χ0n) is 6.90. The number of benzene rings is 1. The number of hydrogen-bond donors (Lipinski definition) is 1. The largest absolute Gasteiger partial charge is 0.464 e. The quantitative estimate of drug-likeness (QED) is 0.662. The molecule has 0 fully saturated rings. The van der Waals surface area contributed by atoms with Crippen molar-refractivity contribution in [3.05, 3.63) is 41.7 Å². The Morgan fingerprint density at radius 1 is 1.23 bits per heavy atom. The Hall–Kier alpha value is -1.54. The Morgan fingerprint density at radius 3 is 3.08 bits per heavy atom. The molecule has 0 radical (unpaired) electrons. The lowest BCUT2D eigenvalue weighted by molar-refractivity contribution is 0.232. The molecule has 1 aromatic carbocycles. The Labute approximate surface area is 75.1 Å². The summed E-state index contributed by atoms with van der Waals surface area (Å²) in [4.78, 5) is 0. The van der Waals surface area contributed by atoms with Gasteiger partial charge in [-0.3, -0.25) is 0 Å². The van der Waals surface area contributed by atoms with E-state index in [0.717, 1.165) is 22.1 Å². The number of rotatable bonds is 0. The first-order chi connectivity index (χ1) is 6.36. The second-order valence-electron chi connectivity index (χ2n) is 3.20. The van der Waals surface area contributed by atoms with E-state index in [2.05, 4.69) is 0 Å². The molecular formula is C11H8O2. The molecule has 1 aliphatic carbocycles. The van der Waals surface area contributed by atoms with Gasteiger partial charge in [0, 0.05) is 5.39 Å². The van der Waals surface area contributed by atoms with Gasteiger partial charge in [0.25, 0.3) is 0 Å². The van der Waals surface area contributed by atoms with E-state index < -0.39 is 6.10 Å². The van der Waals surface area contributed by atoms with E-state index in [4.69, 9.17) is 4.42 Å². The van der Waals surface area contributed by atoms with Gasteiger partial charge in [-0.1, -0.05) is 18.2 Å². The Kier molecular flexibility index (Phi) is 1.19. The van der Waals surface area contributed by atoms with E-state index in [-0.39, 0.29) is 0 Å². The molecule has 0 saturated carbocycles. The zero-order chi connectivity index (χ0) is 8.84. The maximum atomic E-state index is 9.56. The summed E-state index contributed by atoms with van der Waals surface area (Å²) in [6, 6.07) is 5.73. The molecule has 1 heterocycles. The smallest absolute Gasteiger partial charge is 0.134 e. The van der Waals surface area contributed by atoms with Crippen LogP contribution in [0.2, 0.25) is 0 Å². The van der Waals surface area contributed by atoms with Crippen molar-refractivity contribution in [1.82, 2.24) is 0 Å². The van der Waals surface area contributed by atoms with Crippen molar-refractivity contribution in [3.8, 4) is 0 Å². The molecule has 64 valence electrons. The predicted molar refractivity (Wildman–Crippen MR) is 50.2 cm³/mol. The van der Waals surface area contributed by atoms with E-state index in [0.29, 0.717) is 0 Å². The third-order valence-corrected chi connectivity index (χ3v) is 2.47. The van der Waals surface area contributed by atoms with Crippen LogP contribution in [0.3, 0.4) is 0 Å². The molecular weight excluding hydrogens is 164 g/mol. The van der Waals surface area contributed by atoms with Crippen LogP contribution in [0.1, 0.15) is 17.2 Å².